The van der Waals surface area contributed by atoms with Crippen LogP contribution in [-0.4, -0.2) is 36.3 Å². The second-order valence-electron chi connectivity index (χ2n) is 3.93. The molecule has 0 amide bonds. The smallest absolute Gasteiger partial charge is 0.270 e. The number of ketones is 1. The summed E-state index contributed by atoms with van der Waals surface area (Å²) in [5, 5.41) is 10.7. The molecule has 5 nitrogen and oxygen atoms in total. The molecule has 0 aliphatic heterocycles. The van der Waals surface area contributed by atoms with E-state index in [9.17, 15) is 14.9 Å². The third-order valence-electron chi connectivity index (χ3n) is 2.61. The first-order chi connectivity index (χ1) is 8.47. The Kier molecular flexibility index (Phi) is 5.15. The van der Waals surface area contributed by atoms with Gasteiger partial charge in [-0.05, 0) is 19.2 Å². The number of carbonyl (C=O) groups is 1. The number of rotatable bonds is 6. The third kappa shape index (κ3) is 3.46. The van der Waals surface area contributed by atoms with Crippen molar-refractivity contribution in [2.24, 2.45) is 0 Å². The number of non-ortho nitro benzene ring substituents is 1. The highest BCUT2D eigenvalue weighted by Crippen LogP contribution is 2.25. The van der Waals surface area contributed by atoms with Gasteiger partial charge in [-0.15, -0.1) is 0 Å². The van der Waals surface area contributed by atoms with Crippen LogP contribution in [0, 0.1) is 10.1 Å². The van der Waals surface area contributed by atoms with Crippen molar-refractivity contribution in [1.29, 1.82) is 0 Å². The zero-order valence-corrected chi connectivity index (χ0v) is 11.5. The molecule has 0 spiro atoms. The van der Waals surface area contributed by atoms with Crippen LogP contribution in [-0.2, 0) is 0 Å². The second-order valence-corrected chi connectivity index (χ2v) is 4.91. The number of nitro benzene ring substituents is 1. The maximum Gasteiger partial charge on any atom is 0.270 e. The van der Waals surface area contributed by atoms with Gasteiger partial charge in [0.05, 0.1) is 4.92 Å². The molecule has 0 fully saturated rings. The third-order valence-corrected chi connectivity index (χ3v) is 3.20. The van der Waals surface area contributed by atoms with Gasteiger partial charge in [0, 0.05) is 42.7 Å². The first-order valence-corrected chi connectivity index (χ1v) is 6.86. The summed E-state index contributed by atoms with van der Waals surface area (Å²) in [5.74, 6) is 0.773. The van der Waals surface area contributed by atoms with Gasteiger partial charge in [0.15, 0.2) is 5.78 Å². The van der Waals surface area contributed by atoms with Crippen molar-refractivity contribution >= 4 is 28.9 Å². The van der Waals surface area contributed by atoms with E-state index in [4.69, 9.17) is 0 Å². The number of anilines is 1. The molecule has 0 saturated carbocycles. The molecule has 0 heterocycles. The second kappa shape index (κ2) is 6.39. The summed E-state index contributed by atoms with van der Waals surface area (Å²) in [6, 6.07) is 4.40. The van der Waals surface area contributed by atoms with Crippen LogP contribution < -0.4 is 4.90 Å². The van der Waals surface area contributed by atoms with Gasteiger partial charge < -0.3 is 4.90 Å². The molecule has 0 unspecified atom stereocenters. The highest BCUT2D eigenvalue weighted by atomic mass is 32.2. The molecule has 0 aliphatic carbocycles. The Morgan fingerprint density at radius 2 is 2.17 bits per heavy atom. The lowest BCUT2D eigenvalue weighted by molar-refractivity contribution is -0.384. The number of benzene rings is 1. The molecule has 98 valence electrons. The van der Waals surface area contributed by atoms with E-state index in [1.165, 1.54) is 19.1 Å². The van der Waals surface area contributed by atoms with E-state index in [-0.39, 0.29) is 11.5 Å². The fraction of sp³-hybridized carbons (Fsp3) is 0.417. The number of hydrogen-bond donors (Lipinski definition) is 0. The van der Waals surface area contributed by atoms with Gasteiger partial charge in [-0.25, -0.2) is 0 Å². The summed E-state index contributed by atoms with van der Waals surface area (Å²) in [7, 11) is 1.88. The zero-order chi connectivity index (χ0) is 13.7. The maximum absolute atomic E-state index is 11.6. The highest BCUT2D eigenvalue weighted by Gasteiger charge is 2.16. The molecule has 0 saturated heterocycles. The normalized spacial score (nSPS) is 10.2. The lowest BCUT2D eigenvalue weighted by Gasteiger charge is -2.21. The Morgan fingerprint density at radius 1 is 1.50 bits per heavy atom. The predicted molar refractivity (Wildman–Crippen MR) is 74.8 cm³/mol. The SMILES string of the molecule is CSCCN(C)c1ccc([N+](=O)[O-])cc1C(C)=O. The van der Waals surface area contributed by atoms with Gasteiger partial charge >= 0.3 is 0 Å². The lowest BCUT2D eigenvalue weighted by atomic mass is 10.1. The van der Waals surface area contributed by atoms with Crippen LogP contribution in [0.3, 0.4) is 0 Å². The van der Waals surface area contributed by atoms with Gasteiger partial charge in [-0.1, -0.05) is 0 Å². The summed E-state index contributed by atoms with van der Waals surface area (Å²) in [4.78, 5) is 23.7. The van der Waals surface area contributed by atoms with Crippen molar-refractivity contribution in [3.05, 3.63) is 33.9 Å². The van der Waals surface area contributed by atoms with Crippen molar-refractivity contribution in [2.45, 2.75) is 6.92 Å². The van der Waals surface area contributed by atoms with Crippen LogP contribution in [0.5, 0.6) is 0 Å². The van der Waals surface area contributed by atoms with Crippen molar-refractivity contribution in [1.82, 2.24) is 0 Å². The summed E-state index contributed by atoms with van der Waals surface area (Å²) in [5.41, 5.74) is 1.08. The summed E-state index contributed by atoms with van der Waals surface area (Å²) in [6.45, 7) is 2.21. The van der Waals surface area contributed by atoms with Crippen LogP contribution in [0.1, 0.15) is 17.3 Å². The molecular formula is C12H16N2O3S. The minimum Gasteiger partial charge on any atom is -0.373 e. The molecule has 0 N–H and O–H groups in total. The van der Waals surface area contributed by atoms with Crippen molar-refractivity contribution in [3.8, 4) is 0 Å². The van der Waals surface area contributed by atoms with Gasteiger partial charge in [-0.2, -0.15) is 11.8 Å². The van der Waals surface area contributed by atoms with Crippen LogP contribution >= 0.6 is 11.8 Å². The van der Waals surface area contributed by atoms with E-state index in [1.54, 1.807) is 17.8 Å². The van der Waals surface area contributed by atoms with Gasteiger partial charge in [0.1, 0.15) is 0 Å². The largest absolute Gasteiger partial charge is 0.373 e. The predicted octanol–water partition coefficient (Wildman–Crippen LogP) is 2.60. The molecule has 0 radical (unpaired) electrons. The highest BCUT2D eigenvalue weighted by molar-refractivity contribution is 7.98. The molecule has 0 aliphatic rings. The number of thioether (sulfide) groups is 1. The average molecular weight is 268 g/mol. The van der Waals surface area contributed by atoms with E-state index in [1.807, 2.05) is 18.2 Å². The number of nitro groups is 1. The Balaban J connectivity index is 3.11. The first kappa shape index (κ1) is 14.5. The monoisotopic (exact) mass is 268 g/mol. The number of hydrogen-bond acceptors (Lipinski definition) is 5. The molecule has 0 aromatic heterocycles. The Morgan fingerprint density at radius 3 is 2.67 bits per heavy atom. The average Bonchev–Trinajstić information content (AvgIpc) is 2.34. The fourth-order valence-electron chi connectivity index (χ4n) is 1.60. The van der Waals surface area contributed by atoms with E-state index in [2.05, 4.69) is 0 Å². The molecule has 1 aromatic rings. The minimum atomic E-state index is -0.488. The molecule has 1 aromatic carbocycles. The van der Waals surface area contributed by atoms with Crippen molar-refractivity contribution in [2.75, 3.05) is 30.5 Å². The Bertz CT molecular complexity index is 463. The molecule has 0 bridgehead atoms. The summed E-state index contributed by atoms with van der Waals surface area (Å²) in [6.07, 6.45) is 2.01. The standard InChI is InChI=1S/C12H16N2O3S/c1-9(15)11-8-10(14(16)17)4-5-12(11)13(2)6-7-18-3/h4-5,8H,6-7H2,1-3H3. The summed E-state index contributed by atoms with van der Waals surface area (Å²) < 4.78 is 0. The van der Waals surface area contributed by atoms with E-state index >= 15 is 0 Å². The Labute approximate surface area is 110 Å². The fourth-order valence-corrected chi connectivity index (χ4v) is 2.06. The van der Waals surface area contributed by atoms with Crippen LogP contribution in [0.2, 0.25) is 0 Å². The molecular weight excluding hydrogens is 252 g/mol. The van der Waals surface area contributed by atoms with E-state index in [0.29, 0.717) is 5.56 Å². The minimum absolute atomic E-state index is 0.0535. The lowest BCUT2D eigenvalue weighted by Crippen LogP contribution is -2.22. The van der Waals surface area contributed by atoms with Crippen LogP contribution in [0.25, 0.3) is 0 Å². The molecule has 18 heavy (non-hydrogen) atoms. The van der Waals surface area contributed by atoms with Gasteiger partial charge in [-0.3, -0.25) is 14.9 Å². The topological polar surface area (TPSA) is 63.4 Å². The van der Waals surface area contributed by atoms with E-state index in [0.717, 1.165) is 18.0 Å². The van der Waals surface area contributed by atoms with E-state index < -0.39 is 4.92 Å². The molecule has 0 atom stereocenters. The van der Waals surface area contributed by atoms with Crippen molar-refractivity contribution in [3.63, 3.8) is 0 Å². The van der Waals surface area contributed by atoms with Gasteiger partial charge in [0.25, 0.3) is 5.69 Å². The number of nitrogens with zero attached hydrogens (tertiary/aromatic N) is 2. The van der Waals surface area contributed by atoms with Crippen LogP contribution in [0.15, 0.2) is 18.2 Å². The van der Waals surface area contributed by atoms with Crippen LogP contribution in [0.4, 0.5) is 11.4 Å². The summed E-state index contributed by atoms with van der Waals surface area (Å²) >= 11 is 1.71. The first-order valence-electron chi connectivity index (χ1n) is 5.46. The zero-order valence-electron chi connectivity index (χ0n) is 10.7. The maximum atomic E-state index is 11.6. The quantitative estimate of drug-likeness (QED) is 0.451. The molecule has 1 rings (SSSR count). The number of carbonyl (C=O) groups excluding carboxylic acids is 1. The van der Waals surface area contributed by atoms with Gasteiger partial charge in [0.2, 0.25) is 0 Å². The molecule has 6 heteroatoms. The number of Topliss-reactive ketones (excluding diaryl/α,β-unsaturated/α-hetero) is 1. The van der Waals surface area contributed by atoms with Crippen molar-refractivity contribution < 1.29 is 9.72 Å². The Hall–Kier alpha value is -1.56.